The molecular formula is C17H16ClN3O2S. The Hall–Kier alpha value is -2.15. The van der Waals surface area contributed by atoms with Crippen molar-refractivity contribution >= 4 is 33.8 Å². The van der Waals surface area contributed by atoms with Crippen molar-refractivity contribution in [2.45, 2.75) is 6.92 Å². The van der Waals surface area contributed by atoms with Gasteiger partial charge >= 0.3 is 0 Å². The first-order valence-electron chi connectivity index (χ1n) is 7.36. The number of aliphatic hydroxyl groups excluding tert-OH is 1. The predicted octanol–water partition coefficient (Wildman–Crippen LogP) is 4.28. The molecule has 3 aromatic rings. The van der Waals surface area contributed by atoms with Gasteiger partial charge in [0.1, 0.15) is 17.4 Å². The molecule has 0 radical (unpaired) electrons. The van der Waals surface area contributed by atoms with Crippen molar-refractivity contribution in [3.05, 3.63) is 53.1 Å². The third-order valence-corrected chi connectivity index (χ3v) is 4.58. The second-order valence-corrected chi connectivity index (χ2v) is 6.49. The fraction of sp³-hybridized carbons (Fsp3) is 0.176. The lowest BCUT2D eigenvalue weighted by Gasteiger charge is -2.05. The van der Waals surface area contributed by atoms with Crippen LogP contribution in [-0.2, 0) is 0 Å². The Morgan fingerprint density at radius 3 is 2.88 bits per heavy atom. The quantitative estimate of drug-likeness (QED) is 0.685. The molecule has 0 bridgehead atoms. The van der Waals surface area contributed by atoms with Crippen LogP contribution in [0.2, 0.25) is 5.02 Å². The van der Waals surface area contributed by atoms with E-state index >= 15 is 0 Å². The number of anilines is 2. The SMILES string of the molecule is Cc1ccc(Nc2nnc(-c3cccc(OCCO)c3)s2)cc1Cl. The first-order chi connectivity index (χ1) is 11.7. The second kappa shape index (κ2) is 7.61. The molecule has 0 spiro atoms. The molecule has 0 aliphatic rings. The molecule has 7 heteroatoms. The summed E-state index contributed by atoms with van der Waals surface area (Å²) < 4.78 is 5.42. The van der Waals surface area contributed by atoms with E-state index in [0.717, 1.165) is 21.8 Å². The number of aliphatic hydroxyl groups is 1. The van der Waals surface area contributed by atoms with Gasteiger partial charge in [0.15, 0.2) is 0 Å². The molecule has 0 unspecified atom stereocenters. The van der Waals surface area contributed by atoms with Crippen LogP contribution in [0.15, 0.2) is 42.5 Å². The molecule has 0 saturated heterocycles. The van der Waals surface area contributed by atoms with Crippen LogP contribution in [-0.4, -0.2) is 28.5 Å². The monoisotopic (exact) mass is 361 g/mol. The number of aromatic nitrogens is 2. The van der Waals surface area contributed by atoms with Crippen LogP contribution >= 0.6 is 22.9 Å². The lowest BCUT2D eigenvalue weighted by atomic mass is 10.2. The first kappa shape index (κ1) is 16.7. The maximum Gasteiger partial charge on any atom is 0.210 e. The van der Waals surface area contributed by atoms with Crippen LogP contribution < -0.4 is 10.1 Å². The number of nitrogens with zero attached hydrogens (tertiary/aromatic N) is 2. The average Bonchev–Trinajstić information content (AvgIpc) is 3.05. The molecule has 2 N–H and O–H groups in total. The zero-order valence-corrected chi connectivity index (χ0v) is 14.6. The molecule has 2 aromatic carbocycles. The molecule has 124 valence electrons. The van der Waals surface area contributed by atoms with Crippen LogP contribution in [0.1, 0.15) is 5.56 Å². The maximum absolute atomic E-state index is 8.83. The molecule has 0 atom stereocenters. The highest BCUT2D eigenvalue weighted by Gasteiger charge is 2.08. The molecule has 1 aromatic heterocycles. The summed E-state index contributed by atoms with van der Waals surface area (Å²) in [5, 5.41) is 22.6. The lowest BCUT2D eigenvalue weighted by Crippen LogP contribution is -2.01. The number of nitrogens with one attached hydrogen (secondary N) is 1. The van der Waals surface area contributed by atoms with Gasteiger partial charge in [0.25, 0.3) is 0 Å². The van der Waals surface area contributed by atoms with Gasteiger partial charge in [-0.1, -0.05) is 41.1 Å². The molecule has 24 heavy (non-hydrogen) atoms. The molecule has 1 heterocycles. The molecule has 5 nitrogen and oxygen atoms in total. The number of halogens is 1. The van der Waals surface area contributed by atoms with Gasteiger partial charge < -0.3 is 15.2 Å². The average molecular weight is 362 g/mol. The van der Waals surface area contributed by atoms with E-state index in [1.807, 2.05) is 49.4 Å². The zero-order chi connectivity index (χ0) is 16.9. The largest absolute Gasteiger partial charge is 0.491 e. The third-order valence-electron chi connectivity index (χ3n) is 3.29. The highest BCUT2D eigenvalue weighted by Crippen LogP contribution is 2.31. The third kappa shape index (κ3) is 4.03. The van der Waals surface area contributed by atoms with Crippen LogP contribution in [0.5, 0.6) is 5.75 Å². The Morgan fingerprint density at radius 1 is 1.21 bits per heavy atom. The minimum atomic E-state index is -0.0176. The van der Waals surface area contributed by atoms with E-state index in [2.05, 4.69) is 15.5 Å². The van der Waals surface area contributed by atoms with Gasteiger partial charge in [-0.15, -0.1) is 10.2 Å². The summed E-state index contributed by atoms with van der Waals surface area (Å²) >= 11 is 7.58. The van der Waals surface area contributed by atoms with Crippen LogP contribution in [0.25, 0.3) is 10.6 Å². The molecule has 0 fully saturated rings. The van der Waals surface area contributed by atoms with Gasteiger partial charge in [-0.25, -0.2) is 0 Å². The number of rotatable bonds is 6. The molecule has 0 amide bonds. The summed E-state index contributed by atoms with van der Waals surface area (Å²) in [6, 6.07) is 13.3. The van der Waals surface area contributed by atoms with E-state index in [4.69, 9.17) is 21.4 Å². The minimum Gasteiger partial charge on any atom is -0.491 e. The van der Waals surface area contributed by atoms with Crippen molar-refractivity contribution in [2.75, 3.05) is 18.5 Å². The van der Waals surface area contributed by atoms with E-state index < -0.39 is 0 Å². The van der Waals surface area contributed by atoms with E-state index in [9.17, 15) is 0 Å². The van der Waals surface area contributed by atoms with E-state index in [1.54, 1.807) is 0 Å². The van der Waals surface area contributed by atoms with Crippen LogP contribution in [0, 0.1) is 6.92 Å². The summed E-state index contributed by atoms with van der Waals surface area (Å²) in [5.41, 5.74) is 2.81. The second-order valence-electron chi connectivity index (χ2n) is 5.10. The molecule has 0 aliphatic carbocycles. The zero-order valence-electron chi connectivity index (χ0n) is 13.0. The van der Waals surface area contributed by atoms with Crippen molar-refractivity contribution in [3.63, 3.8) is 0 Å². The Bertz CT molecular complexity index is 838. The standard InChI is InChI=1S/C17H16ClN3O2S/c1-11-5-6-13(10-15(11)18)19-17-21-20-16(24-17)12-3-2-4-14(9-12)23-8-7-22/h2-6,9-10,22H,7-8H2,1H3,(H,19,21). The van der Waals surface area contributed by atoms with E-state index in [0.29, 0.717) is 15.9 Å². The molecule has 0 aliphatic heterocycles. The fourth-order valence-corrected chi connectivity index (χ4v) is 3.01. The predicted molar refractivity (Wildman–Crippen MR) is 97.4 cm³/mol. The summed E-state index contributed by atoms with van der Waals surface area (Å²) in [6.07, 6.45) is 0. The minimum absolute atomic E-state index is 0.0176. The fourth-order valence-electron chi connectivity index (χ4n) is 2.07. The van der Waals surface area contributed by atoms with Crippen molar-refractivity contribution in [3.8, 4) is 16.3 Å². The number of ether oxygens (including phenoxy) is 1. The molecule has 3 rings (SSSR count). The summed E-state index contributed by atoms with van der Waals surface area (Å²) in [6.45, 7) is 2.21. The van der Waals surface area contributed by atoms with Crippen molar-refractivity contribution in [1.29, 1.82) is 0 Å². The Labute approximate surface area is 148 Å². The van der Waals surface area contributed by atoms with E-state index in [-0.39, 0.29) is 13.2 Å². The van der Waals surface area contributed by atoms with Crippen LogP contribution in [0.3, 0.4) is 0 Å². The van der Waals surface area contributed by atoms with Gasteiger partial charge in [0, 0.05) is 16.3 Å². The van der Waals surface area contributed by atoms with Gasteiger partial charge in [-0.05, 0) is 36.8 Å². The smallest absolute Gasteiger partial charge is 0.210 e. The van der Waals surface area contributed by atoms with Crippen molar-refractivity contribution in [1.82, 2.24) is 10.2 Å². The number of hydrogen-bond donors (Lipinski definition) is 2. The highest BCUT2D eigenvalue weighted by molar-refractivity contribution is 7.18. The highest BCUT2D eigenvalue weighted by atomic mass is 35.5. The summed E-state index contributed by atoms with van der Waals surface area (Å²) in [5.74, 6) is 0.691. The van der Waals surface area contributed by atoms with E-state index in [1.165, 1.54) is 11.3 Å². The lowest BCUT2D eigenvalue weighted by molar-refractivity contribution is 0.201. The Kier molecular flexibility index (Phi) is 5.30. The van der Waals surface area contributed by atoms with Gasteiger partial charge in [0.05, 0.1) is 6.61 Å². The van der Waals surface area contributed by atoms with Crippen molar-refractivity contribution in [2.24, 2.45) is 0 Å². The number of aryl methyl sites for hydroxylation is 1. The van der Waals surface area contributed by atoms with Gasteiger partial charge in [-0.3, -0.25) is 0 Å². The Balaban J connectivity index is 1.76. The van der Waals surface area contributed by atoms with Crippen LogP contribution in [0.4, 0.5) is 10.8 Å². The normalized spacial score (nSPS) is 10.6. The molecular weight excluding hydrogens is 346 g/mol. The summed E-state index contributed by atoms with van der Waals surface area (Å²) in [7, 11) is 0. The molecule has 0 saturated carbocycles. The van der Waals surface area contributed by atoms with Gasteiger partial charge in [0.2, 0.25) is 5.13 Å². The summed E-state index contributed by atoms with van der Waals surface area (Å²) in [4.78, 5) is 0. The maximum atomic E-state index is 8.83. The van der Waals surface area contributed by atoms with Gasteiger partial charge in [-0.2, -0.15) is 0 Å². The number of benzene rings is 2. The number of hydrogen-bond acceptors (Lipinski definition) is 6. The first-order valence-corrected chi connectivity index (χ1v) is 8.56. The Morgan fingerprint density at radius 2 is 2.08 bits per heavy atom. The van der Waals surface area contributed by atoms with Crippen molar-refractivity contribution < 1.29 is 9.84 Å². The topological polar surface area (TPSA) is 67.3 Å².